The van der Waals surface area contributed by atoms with Gasteiger partial charge in [-0.1, -0.05) is 29.8 Å². The zero-order chi connectivity index (χ0) is 14.5. The number of hydrogen-bond acceptors (Lipinski definition) is 2. The number of rotatable bonds is 4. The van der Waals surface area contributed by atoms with Crippen LogP contribution in [0.25, 0.3) is 0 Å². The number of halogens is 1. The van der Waals surface area contributed by atoms with E-state index in [0.29, 0.717) is 5.02 Å². The van der Waals surface area contributed by atoms with Gasteiger partial charge in [-0.2, -0.15) is 0 Å². The minimum absolute atomic E-state index is 0.0846. The van der Waals surface area contributed by atoms with E-state index in [1.807, 2.05) is 50.2 Å². The second-order valence-electron chi connectivity index (χ2n) is 4.68. The molecule has 0 saturated carbocycles. The predicted octanol–water partition coefficient (Wildman–Crippen LogP) is 4.01. The maximum absolute atomic E-state index is 11.9. The average molecular weight is 289 g/mol. The van der Waals surface area contributed by atoms with Crippen molar-refractivity contribution in [2.24, 2.45) is 0 Å². The van der Waals surface area contributed by atoms with E-state index < -0.39 is 0 Å². The molecule has 0 heterocycles. The smallest absolute Gasteiger partial charge is 0.243 e. The lowest BCUT2D eigenvalue weighted by atomic mass is 10.2. The SMILES string of the molecule is Cc1ccccc1NCC(=O)Nc1ccc(Cl)cc1C. The Bertz CT molecular complexity index is 626. The molecule has 3 nitrogen and oxygen atoms in total. The first-order valence-electron chi connectivity index (χ1n) is 6.42. The Morgan fingerprint density at radius 3 is 2.50 bits per heavy atom. The van der Waals surface area contributed by atoms with Crippen LogP contribution in [0.3, 0.4) is 0 Å². The monoisotopic (exact) mass is 288 g/mol. The molecule has 0 saturated heterocycles. The van der Waals surface area contributed by atoms with Gasteiger partial charge in [-0.15, -0.1) is 0 Å². The zero-order valence-electron chi connectivity index (χ0n) is 11.5. The Balaban J connectivity index is 1.94. The number of benzene rings is 2. The molecule has 0 radical (unpaired) electrons. The van der Waals surface area contributed by atoms with Crippen LogP contribution in [0.1, 0.15) is 11.1 Å². The first-order valence-corrected chi connectivity index (χ1v) is 6.79. The molecule has 0 aliphatic heterocycles. The van der Waals surface area contributed by atoms with E-state index in [-0.39, 0.29) is 12.5 Å². The third-order valence-corrected chi connectivity index (χ3v) is 3.28. The Morgan fingerprint density at radius 1 is 1.05 bits per heavy atom. The molecule has 1 amide bonds. The second kappa shape index (κ2) is 6.44. The van der Waals surface area contributed by atoms with Crippen molar-refractivity contribution in [2.45, 2.75) is 13.8 Å². The molecule has 0 aromatic heterocycles. The molecule has 0 aliphatic rings. The van der Waals surface area contributed by atoms with Gasteiger partial charge in [0.05, 0.1) is 6.54 Å². The van der Waals surface area contributed by atoms with Gasteiger partial charge in [0.1, 0.15) is 0 Å². The molecule has 2 aromatic rings. The Hall–Kier alpha value is -2.00. The van der Waals surface area contributed by atoms with Crippen LogP contribution in [0.5, 0.6) is 0 Å². The molecule has 2 rings (SSSR count). The maximum atomic E-state index is 11.9. The number of carbonyl (C=O) groups is 1. The summed E-state index contributed by atoms with van der Waals surface area (Å²) in [6.45, 7) is 4.15. The van der Waals surface area contributed by atoms with E-state index in [4.69, 9.17) is 11.6 Å². The summed E-state index contributed by atoms with van der Waals surface area (Å²) in [4.78, 5) is 11.9. The highest BCUT2D eigenvalue weighted by Gasteiger charge is 2.05. The summed E-state index contributed by atoms with van der Waals surface area (Å²) in [7, 11) is 0. The van der Waals surface area contributed by atoms with E-state index in [1.165, 1.54) is 0 Å². The molecule has 104 valence electrons. The van der Waals surface area contributed by atoms with Crippen molar-refractivity contribution in [1.29, 1.82) is 0 Å². The fourth-order valence-corrected chi connectivity index (χ4v) is 2.14. The van der Waals surface area contributed by atoms with Gasteiger partial charge >= 0.3 is 0 Å². The summed E-state index contributed by atoms with van der Waals surface area (Å²) in [6.07, 6.45) is 0. The summed E-state index contributed by atoms with van der Waals surface area (Å²) in [5, 5.41) is 6.66. The number of hydrogen-bond donors (Lipinski definition) is 2. The predicted molar refractivity (Wildman–Crippen MR) is 84.5 cm³/mol. The molecule has 0 spiro atoms. The molecular weight excluding hydrogens is 272 g/mol. The van der Waals surface area contributed by atoms with Gasteiger partial charge in [0.15, 0.2) is 0 Å². The minimum Gasteiger partial charge on any atom is -0.376 e. The minimum atomic E-state index is -0.0846. The van der Waals surface area contributed by atoms with Crippen molar-refractivity contribution in [3.63, 3.8) is 0 Å². The van der Waals surface area contributed by atoms with E-state index >= 15 is 0 Å². The lowest BCUT2D eigenvalue weighted by Gasteiger charge is -2.11. The maximum Gasteiger partial charge on any atom is 0.243 e. The van der Waals surface area contributed by atoms with Gasteiger partial charge in [-0.25, -0.2) is 0 Å². The quantitative estimate of drug-likeness (QED) is 0.892. The number of nitrogens with one attached hydrogen (secondary N) is 2. The topological polar surface area (TPSA) is 41.1 Å². The second-order valence-corrected chi connectivity index (χ2v) is 5.11. The molecule has 20 heavy (non-hydrogen) atoms. The van der Waals surface area contributed by atoms with Gasteiger partial charge < -0.3 is 10.6 Å². The lowest BCUT2D eigenvalue weighted by molar-refractivity contribution is -0.114. The van der Waals surface area contributed by atoms with E-state index in [1.54, 1.807) is 6.07 Å². The first-order chi connectivity index (χ1) is 9.56. The van der Waals surface area contributed by atoms with Crippen LogP contribution in [0.4, 0.5) is 11.4 Å². The van der Waals surface area contributed by atoms with Gasteiger partial charge in [0.2, 0.25) is 5.91 Å². The molecule has 0 unspecified atom stereocenters. The normalized spacial score (nSPS) is 10.2. The van der Waals surface area contributed by atoms with Crippen molar-refractivity contribution in [3.05, 3.63) is 58.6 Å². The number of anilines is 2. The summed E-state index contributed by atoms with van der Waals surface area (Å²) in [5.41, 5.74) is 3.81. The molecule has 2 aromatic carbocycles. The van der Waals surface area contributed by atoms with Gasteiger partial charge in [0, 0.05) is 16.4 Å². The molecule has 0 bridgehead atoms. The number of para-hydroxylation sites is 1. The molecule has 2 N–H and O–H groups in total. The third-order valence-electron chi connectivity index (χ3n) is 3.05. The Kier molecular flexibility index (Phi) is 4.64. The average Bonchev–Trinajstić information content (AvgIpc) is 2.41. The van der Waals surface area contributed by atoms with Crippen LogP contribution >= 0.6 is 11.6 Å². The van der Waals surface area contributed by atoms with Crippen molar-refractivity contribution in [1.82, 2.24) is 0 Å². The van der Waals surface area contributed by atoms with Gasteiger partial charge in [-0.05, 0) is 49.2 Å². The molecule has 4 heteroatoms. The van der Waals surface area contributed by atoms with Crippen LogP contribution in [0, 0.1) is 13.8 Å². The highest BCUT2D eigenvalue weighted by Crippen LogP contribution is 2.19. The highest BCUT2D eigenvalue weighted by atomic mass is 35.5. The fraction of sp³-hybridized carbons (Fsp3) is 0.188. The largest absolute Gasteiger partial charge is 0.376 e. The molecule has 0 aliphatic carbocycles. The van der Waals surface area contributed by atoms with Crippen molar-refractivity contribution >= 4 is 28.9 Å². The lowest BCUT2D eigenvalue weighted by Crippen LogP contribution is -2.22. The number of carbonyl (C=O) groups excluding carboxylic acids is 1. The van der Waals surface area contributed by atoms with Crippen LogP contribution in [-0.4, -0.2) is 12.5 Å². The number of amides is 1. The third kappa shape index (κ3) is 3.75. The van der Waals surface area contributed by atoms with Crippen molar-refractivity contribution in [3.8, 4) is 0 Å². The molecular formula is C16H17ClN2O. The summed E-state index contributed by atoms with van der Waals surface area (Å²) in [5.74, 6) is -0.0846. The van der Waals surface area contributed by atoms with Crippen LogP contribution in [-0.2, 0) is 4.79 Å². The van der Waals surface area contributed by atoms with Crippen LogP contribution < -0.4 is 10.6 Å². The van der Waals surface area contributed by atoms with Crippen molar-refractivity contribution in [2.75, 3.05) is 17.2 Å². The summed E-state index contributed by atoms with van der Waals surface area (Å²) < 4.78 is 0. The van der Waals surface area contributed by atoms with E-state index in [0.717, 1.165) is 22.5 Å². The fourth-order valence-electron chi connectivity index (χ4n) is 1.91. The van der Waals surface area contributed by atoms with Gasteiger partial charge in [0.25, 0.3) is 0 Å². The van der Waals surface area contributed by atoms with Crippen LogP contribution in [0.15, 0.2) is 42.5 Å². The summed E-state index contributed by atoms with van der Waals surface area (Å²) in [6, 6.07) is 13.3. The van der Waals surface area contributed by atoms with Crippen molar-refractivity contribution < 1.29 is 4.79 Å². The van der Waals surface area contributed by atoms with E-state index in [9.17, 15) is 4.79 Å². The van der Waals surface area contributed by atoms with Gasteiger partial charge in [-0.3, -0.25) is 4.79 Å². The highest BCUT2D eigenvalue weighted by molar-refractivity contribution is 6.30. The Morgan fingerprint density at radius 2 is 1.80 bits per heavy atom. The Labute approximate surface area is 124 Å². The standard InChI is InChI=1S/C16H17ClN2O/c1-11-5-3-4-6-14(11)18-10-16(20)19-15-8-7-13(17)9-12(15)2/h3-9,18H,10H2,1-2H3,(H,19,20). The summed E-state index contributed by atoms with van der Waals surface area (Å²) >= 11 is 5.89. The molecule has 0 fully saturated rings. The van der Waals surface area contributed by atoms with E-state index in [2.05, 4.69) is 10.6 Å². The molecule has 0 atom stereocenters. The first kappa shape index (κ1) is 14.4. The number of aryl methyl sites for hydroxylation is 2. The van der Waals surface area contributed by atoms with Crippen LogP contribution in [0.2, 0.25) is 5.02 Å². The zero-order valence-corrected chi connectivity index (χ0v) is 12.3.